The monoisotopic (exact) mass is 484 g/mol. The fourth-order valence-electron chi connectivity index (χ4n) is 4.62. The number of nitrogens with zero attached hydrogens (tertiary/aromatic N) is 4. The molecule has 0 aromatic carbocycles. The summed E-state index contributed by atoms with van der Waals surface area (Å²) in [6, 6.07) is 3.73. The van der Waals surface area contributed by atoms with E-state index in [0.717, 1.165) is 53.8 Å². The van der Waals surface area contributed by atoms with E-state index in [1.165, 1.54) is 11.3 Å². The van der Waals surface area contributed by atoms with Crippen LogP contribution < -0.4 is 10.6 Å². The molecule has 4 rings (SSSR count). The van der Waals surface area contributed by atoms with Crippen molar-refractivity contribution in [1.29, 1.82) is 5.53 Å². The van der Waals surface area contributed by atoms with Gasteiger partial charge in [-0.1, -0.05) is 23.2 Å². The number of halogens is 4. The van der Waals surface area contributed by atoms with Gasteiger partial charge in [-0.3, -0.25) is 0 Å². The number of nitrogens with one attached hydrogen (secondary N) is 1. The summed E-state index contributed by atoms with van der Waals surface area (Å²) in [6.45, 7) is 0.442. The Labute approximate surface area is 193 Å². The Kier molecular flexibility index (Phi) is 6.71. The number of amidine groups is 1. The van der Waals surface area contributed by atoms with Crippen LogP contribution in [-0.4, -0.2) is 30.1 Å². The Bertz CT molecular complexity index is 1030. The molecule has 0 amide bonds. The maximum atomic E-state index is 13.2. The Balaban J connectivity index is 1.89. The number of alkyl halides is 3. The molecule has 32 heavy (non-hydrogen) atoms. The number of rotatable bonds is 4. The van der Waals surface area contributed by atoms with Crippen molar-refractivity contribution in [2.75, 3.05) is 18.0 Å². The number of hydrogen-bond acceptors (Lipinski definition) is 5. The number of aromatic nitrogens is 1. The third kappa shape index (κ3) is 4.61. The van der Waals surface area contributed by atoms with E-state index in [-0.39, 0.29) is 31.8 Å². The van der Waals surface area contributed by atoms with Crippen molar-refractivity contribution in [3.05, 3.63) is 33.3 Å². The molecular formula is C21H24ClF3N6S. The summed E-state index contributed by atoms with van der Waals surface area (Å²) < 4.78 is 40.3. The number of anilines is 1. The third-order valence-corrected chi connectivity index (χ3v) is 7.44. The van der Waals surface area contributed by atoms with E-state index in [0.29, 0.717) is 15.7 Å². The number of hydrogen-bond donors (Lipinski definition) is 2. The molecule has 3 N–H and O–H groups in total. The van der Waals surface area contributed by atoms with E-state index in [4.69, 9.17) is 27.8 Å². The van der Waals surface area contributed by atoms with E-state index in [1.54, 1.807) is 0 Å². The number of piperidine rings is 1. The molecule has 1 saturated heterocycles. The Hall–Kier alpha value is -2.20. The van der Waals surface area contributed by atoms with Crippen LogP contribution in [0.3, 0.4) is 0 Å². The van der Waals surface area contributed by atoms with Gasteiger partial charge in [0.15, 0.2) is 5.84 Å². The third-order valence-electron chi connectivity index (χ3n) is 6.20. The molecule has 2 aromatic rings. The molecule has 0 atom stereocenters. The van der Waals surface area contributed by atoms with Crippen molar-refractivity contribution < 1.29 is 13.2 Å². The molecule has 2 aromatic heterocycles. The molecule has 1 fully saturated rings. The Morgan fingerprint density at radius 3 is 2.53 bits per heavy atom. The lowest BCUT2D eigenvalue weighted by Gasteiger charge is -2.35. The first-order valence-corrected chi connectivity index (χ1v) is 11.8. The molecule has 0 unspecified atom stereocenters. The summed E-state index contributed by atoms with van der Waals surface area (Å²) in [4.78, 5) is 7.70. The van der Waals surface area contributed by atoms with Crippen molar-refractivity contribution in [2.24, 2.45) is 22.0 Å². The van der Waals surface area contributed by atoms with Crippen molar-refractivity contribution >= 4 is 34.6 Å². The van der Waals surface area contributed by atoms with Crippen molar-refractivity contribution in [1.82, 2.24) is 4.98 Å². The van der Waals surface area contributed by atoms with Gasteiger partial charge in [-0.25, -0.2) is 4.98 Å². The quantitative estimate of drug-likeness (QED) is 0.179. The van der Waals surface area contributed by atoms with E-state index in [9.17, 15) is 13.2 Å². The number of nitrogens with two attached hydrogens (primary N) is 1. The average Bonchev–Trinajstić information content (AvgIpc) is 3.04. The molecule has 1 aliphatic heterocycles. The van der Waals surface area contributed by atoms with Gasteiger partial charge in [0.25, 0.3) is 0 Å². The second-order valence-corrected chi connectivity index (χ2v) is 9.88. The molecule has 0 saturated carbocycles. The SMILES string of the molecule is N=N/N=C(\N)c1c(N2CCC(C(F)(F)F)CC2)nc2c(c1-c1ccc(Cl)s1)CCCCC2. The van der Waals surface area contributed by atoms with E-state index < -0.39 is 12.1 Å². The van der Waals surface area contributed by atoms with Gasteiger partial charge in [-0.05, 0) is 56.2 Å². The van der Waals surface area contributed by atoms with Crippen molar-refractivity contribution in [2.45, 2.75) is 51.1 Å². The van der Waals surface area contributed by atoms with Crippen LogP contribution in [0.5, 0.6) is 0 Å². The molecule has 172 valence electrons. The first-order chi connectivity index (χ1) is 15.3. The molecule has 2 aliphatic rings. The lowest BCUT2D eigenvalue weighted by molar-refractivity contribution is -0.179. The highest BCUT2D eigenvalue weighted by Gasteiger charge is 2.42. The summed E-state index contributed by atoms with van der Waals surface area (Å²) in [5.41, 5.74) is 16.9. The predicted molar refractivity (Wildman–Crippen MR) is 121 cm³/mol. The van der Waals surface area contributed by atoms with Gasteiger partial charge >= 0.3 is 6.18 Å². The summed E-state index contributed by atoms with van der Waals surface area (Å²) >= 11 is 7.65. The topological polar surface area (TPSA) is 90.7 Å². The average molecular weight is 485 g/mol. The Morgan fingerprint density at radius 1 is 1.19 bits per heavy atom. The predicted octanol–water partition coefficient (Wildman–Crippen LogP) is 6.16. The minimum atomic E-state index is -4.19. The van der Waals surface area contributed by atoms with Crippen LogP contribution in [0.4, 0.5) is 19.0 Å². The van der Waals surface area contributed by atoms with E-state index in [2.05, 4.69) is 10.3 Å². The van der Waals surface area contributed by atoms with Gasteiger partial charge in [0.1, 0.15) is 5.82 Å². The maximum Gasteiger partial charge on any atom is 0.391 e. The standard InChI is InChI=1S/C21H24ClF3N6S/c22-16-7-6-15(32-16)17-13-4-2-1-3-5-14(13)28-20(18(17)19(26)29-30-27)31-10-8-12(9-11-31)21(23,24)25/h6-7,12H,1-5,8-11H2,(H3,26,27,29). The highest BCUT2D eigenvalue weighted by atomic mass is 35.5. The van der Waals surface area contributed by atoms with Crippen LogP contribution in [0.1, 0.15) is 48.9 Å². The van der Waals surface area contributed by atoms with E-state index in [1.807, 2.05) is 17.0 Å². The van der Waals surface area contributed by atoms with Gasteiger partial charge in [0.05, 0.1) is 15.8 Å². The van der Waals surface area contributed by atoms with Crippen LogP contribution in [0.25, 0.3) is 10.4 Å². The molecule has 11 heteroatoms. The number of pyridine rings is 1. The second kappa shape index (κ2) is 9.35. The van der Waals surface area contributed by atoms with E-state index >= 15 is 0 Å². The Morgan fingerprint density at radius 2 is 1.91 bits per heavy atom. The fraction of sp³-hybridized carbons (Fsp3) is 0.524. The highest BCUT2D eigenvalue weighted by Crippen LogP contribution is 2.43. The largest absolute Gasteiger partial charge is 0.391 e. The molecule has 3 heterocycles. The first kappa shape index (κ1) is 23.0. The van der Waals surface area contributed by atoms with Crippen LogP contribution in [0.15, 0.2) is 22.5 Å². The minimum Gasteiger partial charge on any atom is -0.382 e. The second-order valence-electron chi connectivity index (χ2n) is 8.16. The lowest BCUT2D eigenvalue weighted by Crippen LogP contribution is -2.40. The summed E-state index contributed by atoms with van der Waals surface area (Å²) in [5, 5.41) is 6.89. The van der Waals surface area contributed by atoms with Gasteiger partial charge in [0, 0.05) is 29.2 Å². The number of aryl methyl sites for hydroxylation is 1. The zero-order valence-electron chi connectivity index (χ0n) is 17.4. The molecule has 0 spiro atoms. The van der Waals surface area contributed by atoms with Gasteiger partial charge < -0.3 is 10.6 Å². The maximum absolute atomic E-state index is 13.2. The normalized spacial score (nSPS) is 18.4. The molecule has 0 bridgehead atoms. The number of thiophene rings is 1. The van der Waals surface area contributed by atoms with Crippen LogP contribution in [0, 0.1) is 11.4 Å². The number of fused-ring (bicyclic) bond motifs is 1. The zero-order chi connectivity index (χ0) is 22.9. The highest BCUT2D eigenvalue weighted by molar-refractivity contribution is 7.19. The molecule has 0 radical (unpaired) electrons. The van der Waals surface area contributed by atoms with Crippen LogP contribution in [-0.2, 0) is 12.8 Å². The zero-order valence-corrected chi connectivity index (χ0v) is 19.0. The summed E-state index contributed by atoms with van der Waals surface area (Å²) in [7, 11) is 0. The lowest BCUT2D eigenvalue weighted by atomic mass is 9.92. The van der Waals surface area contributed by atoms with Gasteiger partial charge in [-0.2, -0.15) is 18.7 Å². The van der Waals surface area contributed by atoms with Crippen molar-refractivity contribution in [3.8, 4) is 10.4 Å². The summed E-state index contributed by atoms with van der Waals surface area (Å²) in [5.74, 6) is -0.754. The van der Waals surface area contributed by atoms with Crippen LogP contribution in [0.2, 0.25) is 4.34 Å². The van der Waals surface area contributed by atoms with Gasteiger partial charge in [0.2, 0.25) is 0 Å². The molecule has 6 nitrogen and oxygen atoms in total. The summed E-state index contributed by atoms with van der Waals surface area (Å²) in [6.07, 6.45) is 0.522. The minimum absolute atomic E-state index is 0.00172. The molecular weight excluding hydrogens is 461 g/mol. The van der Waals surface area contributed by atoms with Gasteiger partial charge in [-0.15, -0.1) is 16.4 Å². The smallest absolute Gasteiger partial charge is 0.382 e. The van der Waals surface area contributed by atoms with Crippen LogP contribution >= 0.6 is 22.9 Å². The van der Waals surface area contributed by atoms with Crippen molar-refractivity contribution in [3.63, 3.8) is 0 Å². The first-order valence-electron chi connectivity index (χ1n) is 10.6. The fourth-order valence-corrected chi connectivity index (χ4v) is 5.74. The molecule has 1 aliphatic carbocycles.